The highest BCUT2D eigenvalue weighted by molar-refractivity contribution is 7.15. The number of aliphatic hydroxyl groups is 1. The second kappa shape index (κ2) is 5.35. The summed E-state index contributed by atoms with van der Waals surface area (Å²) >= 11 is 1.85. The Kier molecular flexibility index (Phi) is 3.57. The maximum atomic E-state index is 8.97. The van der Waals surface area contributed by atoms with Crippen molar-refractivity contribution in [1.82, 2.24) is 9.78 Å². The largest absolute Gasteiger partial charge is 0.394 e. The van der Waals surface area contributed by atoms with Gasteiger partial charge in [0.1, 0.15) is 11.5 Å². The van der Waals surface area contributed by atoms with Gasteiger partial charge in [-0.2, -0.15) is 5.10 Å². The maximum absolute atomic E-state index is 8.97. The smallest absolute Gasteiger partial charge is 0.122 e. The number of fused-ring (bicyclic) bond motifs is 1. The Bertz CT molecular complexity index is 550. The lowest BCUT2D eigenvalue weighted by atomic mass is 10.1. The van der Waals surface area contributed by atoms with Crippen molar-refractivity contribution >= 4 is 17.2 Å². The lowest BCUT2D eigenvalue weighted by molar-refractivity contribution is 0.270. The molecule has 2 heterocycles. The second-order valence-corrected chi connectivity index (χ2v) is 6.16. The minimum atomic E-state index is 0.0618. The van der Waals surface area contributed by atoms with Crippen LogP contribution in [0.15, 0.2) is 12.1 Å². The van der Waals surface area contributed by atoms with Gasteiger partial charge in [0.25, 0.3) is 0 Å². The molecule has 4 nitrogen and oxygen atoms in total. The van der Waals surface area contributed by atoms with Crippen molar-refractivity contribution in [3.8, 4) is 10.6 Å². The zero-order valence-corrected chi connectivity index (χ0v) is 11.7. The fraction of sp³-hybridized carbons (Fsp3) is 0.500. The van der Waals surface area contributed by atoms with Crippen LogP contribution >= 0.6 is 11.3 Å². The summed E-state index contributed by atoms with van der Waals surface area (Å²) in [6, 6.07) is 4.18. The predicted octanol–water partition coefficient (Wildman–Crippen LogP) is 2.46. The van der Waals surface area contributed by atoms with Crippen LogP contribution in [-0.4, -0.2) is 21.5 Å². The van der Waals surface area contributed by atoms with E-state index in [9.17, 15) is 0 Å². The third kappa shape index (κ3) is 2.53. The molecular weight excluding hydrogens is 258 g/mol. The Morgan fingerprint density at radius 1 is 1.26 bits per heavy atom. The first-order chi connectivity index (χ1) is 9.28. The van der Waals surface area contributed by atoms with Crippen molar-refractivity contribution in [1.29, 1.82) is 0 Å². The van der Waals surface area contributed by atoms with Crippen LogP contribution in [-0.2, 0) is 19.4 Å². The van der Waals surface area contributed by atoms with Gasteiger partial charge in [0.05, 0.1) is 18.0 Å². The first kappa shape index (κ1) is 12.7. The molecule has 0 saturated carbocycles. The van der Waals surface area contributed by atoms with Crippen LogP contribution < -0.4 is 5.73 Å². The average molecular weight is 277 g/mol. The van der Waals surface area contributed by atoms with Gasteiger partial charge >= 0.3 is 0 Å². The number of aliphatic hydroxyl groups excluding tert-OH is 1. The summed E-state index contributed by atoms with van der Waals surface area (Å²) in [6.45, 7) is 0.517. The maximum Gasteiger partial charge on any atom is 0.122 e. The van der Waals surface area contributed by atoms with Gasteiger partial charge in [0.2, 0.25) is 0 Å². The number of thiophene rings is 1. The van der Waals surface area contributed by atoms with Crippen LogP contribution in [0.4, 0.5) is 5.82 Å². The van der Waals surface area contributed by atoms with Gasteiger partial charge in [-0.05, 0) is 37.3 Å². The predicted molar refractivity (Wildman–Crippen MR) is 78.3 cm³/mol. The molecule has 3 N–H and O–H groups in total. The third-order valence-electron chi connectivity index (χ3n) is 3.62. The van der Waals surface area contributed by atoms with Gasteiger partial charge in [-0.15, -0.1) is 11.3 Å². The molecule has 0 bridgehead atoms. The molecule has 0 fully saturated rings. The van der Waals surface area contributed by atoms with E-state index in [1.165, 1.54) is 47.4 Å². The molecular formula is C14H19N3OS. The Morgan fingerprint density at radius 3 is 2.95 bits per heavy atom. The minimum absolute atomic E-state index is 0.0618. The van der Waals surface area contributed by atoms with Crippen LogP contribution in [0.5, 0.6) is 0 Å². The van der Waals surface area contributed by atoms with Gasteiger partial charge in [0, 0.05) is 10.9 Å². The van der Waals surface area contributed by atoms with Gasteiger partial charge < -0.3 is 10.8 Å². The van der Waals surface area contributed by atoms with E-state index in [4.69, 9.17) is 10.8 Å². The summed E-state index contributed by atoms with van der Waals surface area (Å²) in [5.41, 5.74) is 8.33. The zero-order valence-electron chi connectivity index (χ0n) is 10.9. The van der Waals surface area contributed by atoms with Gasteiger partial charge in [-0.1, -0.05) is 6.42 Å². The quantitative estimate of drug-likeness (QED) is 0.847. The molecule has 3 rings (SSSR count). The first-order valence-electron chi connectivity index (χ1n) is 6.84. The molecule has 19 heavy (non-hydrogen) atoms. The van der Waals surface area contributed by atoms with Gasteiger partial charge in [-0.25, -0.2) is 4.68 Å². The Labute approximate surface area is 116 Å². The summed E-state index contributed by atoms with van der Waals surface area (Å²) in [4.78, 5) is 2.72. The molecule has 0 unspecified atom stereocenters. The molecule has 0 spiro atoms. The van der Waals surface area contributed by atoms with Crippen molar-refractivity contribution in [3.63, 3.8) is 0 Å². The van der Waals surface area contributed by atoms with E-state index in [-0.39, 0.29) is 6.61 Å². The van der Waals surface area contributed by atoms with Crippen LogP contribution in [0.1, 0.15) is 29.7 Å². The molecule has 1 aliphatic carbocycles. The molecule has 2 aromatic heterocycles. The number of nitrogen functional groups attached to an aromatic ring is 1. The number of rotatable bonds is 3. The second-order valence-electron chi connectivity index (χ2n) is 5.02. The van der Waals surface area contributed by atoms with E-state index < -0.39 is 0 Å². The van der Waals surface area contributed by atoms with Crippen LogP contribution in [0.25, 0.3) is 10.6 Å². The number of hydrogen-bond donors (Lipinski definition) is 2. The van der Waals surface area contributed by atoms with Crippen LogP contribution in [0.2, 0.25) is 0 Å². The highest BCUT2D eigenvalue weighted by Crippen LogP contribution is 2.35. The van der Waals surface area contributed by atoms with Crippen LogP contribution in [0, 0.1) is 0 Å². The number of aromatic nitrogens is 2. The van der Waals surface area contributed by atoms with Crippen molar-refractivity contribution in [2.24, 2.45) is 0 Å². The standard InChI is InChI=1S/C14H19N3OS/c15-14-9-11(16-17(14)6-7-18)13-8-10-4-2-1-3-5-12(10)19-13/h8-9,18H,1-7,15H2. The fourth-order valence-corrected chi connectivity index (χ4v) is 3.83. The molecule has 102 valence electrons. The normalized spacial score (nSPS) is 15.2. The van der Waals surface area contributed by atoms with E-state index in [1.807, 2.05) is 17.4 Å². The zero-order chi connectivity index (χ0) is 13.2. The summed E-state index contributed by atoms with van der Waals surface area (Å²) < 4.78 is 1.67. The van der Waals surface area contributed by atoms with Crippen LogP contribution in [0.3, 0.4) is 0 Å². The summed E-state index contributed by atoms with van der Waals surface area (Å²) in [5, 5.41) is 13.5. The van der Waals surface area contributed by atoms with E-state index in [0.717, 1.165) is 5.69 Å². The lowest BCUT2D eigenvalue weighted by Gasteiger charge is -1.98. The molecule has 1 aliphatic rings. The summed E-state index contributed by atoms with van der Waals surface area (Å²) in [6.07, 6.45) is 6.33. The van der Waals surface area contributed by atoms with E-state index in [1.54, 1.807) is 4.68 Å². The molecule has 0 aliphatic heterocycles. The molecule has 0 saturated heterocycles. The highest BCUT2D eigenvalue weighted by atomic mass is 32.1. The van der Waals surface area contributed by atoms with E-state index >= 15 is 0 Å². The number of anilines is 1. The van der Waals surface area contributed by atoms with E-state index in [0.29, 0.717) is 12.4 Å². The molecule has 0 aromatic carbocycles. The SMILES string of the molecule is Nc1cc(-c2cc3c(s2)CCCCC3)nn1CCO. The molecule has 0 amide bonds. The molecule has 0 atom stereocenters. The summed E-state index contributed by atoms with van der Waals surface area (Å²) in [5.74, 6) is 0.618. The number of nitrogens with zero attached hydrogens (tertiary/aromatic N) is 2. The third-order valence-corrected chi connectivity index (χ3v) is 4.88. The Balaban J connectivity index is 1.91. The van der Waals surface area contributed by atoms with Crippen molar-refractivity contribution in [3.05, 3.63) is 22.6 Å². The van der Waals surface area contributed by atoms with Crippen molar-refractivity contribution in [2.75, 3.05) is 12.3 Å². The minimum Gasteiger partial charge on any atom is -0.394 e. The van der Waals surface area contributed by atoms with Crippen molar-refractivity contribution in [2.45, 2.75) is 38.6 Å². The molecule has 2 aromatic rings. The fourth-order valence-electron chi connectivity index (χ4n) is 2.62. The van der Waals surface area contributed by atoms with Gasteiger partial charge in [-0.3, -0.25) is 0 Å². The highest BCUT2D eigenvalue weighted by Gasteiger charge is 2.15. The first-order valence-corrected chi connectivity index (χ1v) is 7.65. The number of aryl methyl sites for hydroxylation is 2. The molecule has 5 heteroatoms. The monoisotopic (exact) mass is 277 g/mol. The Morgan fingerprint density at radius 2 is 2.11 bits per heavy atom. The van der Waals surface area contributed by atoms with Crippen molar-refractivity contribution < 1.29 is 5.11 Å². The lowest BCUT2D eigenvalue weighted by Crippen LogP contribution is -2.07. The summed E-state index contributed by atoms with van der Waals surface area (Å²) in [7, 11) is 0. The number of hydrogen-bond acceptors (Lipinski definition) is 4. The number of nitrogens with two attached hydrogens (primary N) is 1. The molecule has 0 radical (unpaired) electrons. The average Bonchev–Trinajstić information content (AvgIpc) is 2.89. The van der Waals surface area contributed by atoms with Gasteiger partial charge in [0.15, 0.2) is 0 Å². The Hall–Kier alpha value is -1.33. The topological polar surface area (TPSA) is 64.1 Å². The van der Waals surface area contributed by atoms with E-state index in [2.05, 4.69) is 11.2 Å².